The summed E-state index contributed by atoms with van der Waals surface area (Å²) in [6, 6.07) is 5.42. The number of carbonyl (C=O) groups excluding carboxylic acids is 1. The Morgan fingerprint density at radius 2 is 2.10 bits per heavy atom. The SMILES string of the molecule is COCCCN1C(=O)/C(=C/c2c(N3CCOCC3)nc3ccccn3c2=O)SC1=S. The van der Waals surface area contributed by atoms with Crippen LogP contribution in [0.25, 0.3) is 11.7 Å². The fourth-order valence-corrected chi connectivity index (χ4v) is 4.71. The topological polar surface area (TPSA) is 76.4 Å². The van der Waals surface area contributed by atoms with E-state index in [1.165, 1.54) is 16.2 Å². The van der Waals surface area contributed by atoms with Gasteiger partial charge in [0.1, 0.15) is 15.8 Å². The molecular weight excluding hydrogens is 424 g/mol. The summed E-state index contributed by atoms with van der Waals surface area (Å²) in [6.45, 7) is 3.44. The highest BCUT2D eigenvalue weighted by Crippen LogP contribution is 2.33. The highest BCUT2D eigenvalue weighted by molar-refractivity contribution is 8.26. The van der Waals surface area contributed by atoms with Crippen molar-refractivity contribution in [3.8, 4) is 0 Å². The average Bonchev–Trinajstić information content (AvgIpc) is 3.03. The van der Waals surface area contributed by atoms with Gasteiger partial charge in [0.2, 0.25) is 0 Å². The van der Waals surface area contributed by atoms with Crippen molar-refractivity contribution >= 4 is 51.7 Å². The van der Waals surface area contributed by atoms with E-state index in [0.717, 1.165) is 0 Å². The standard InChI is InChI=1S/C20H22N4O4S2/c1-27-10-4-7-24-19(26)15(30-20(24)29)13-14-17(22-8-11-28-12-9-22)21-16-5-2-3-6-23(16)18(14)25/h2-3,5-6,13H,4,7-12H2,1H3/b15-13-. The van der Waals surface area contributed by atoms with Crippen molar-refractivity contribution in [1.29, 1.82) is 0 Å². The predicted molar refractivity (Wildman–Crippen MR) is 121 cm³/mol. The second-order valence-electron chi connectivity index (χ2n) is 6.86. The molecule has 2 fully saturated rings. The van der Waals surface area contributed by atoms with Gasteiger partial charge in [0, 0.05) is 39.5 Å². The first-order valence-electron chi connectivity index (χ1n) is 9.68. The number of aromatic nitrogens is 2. The van der Waals surface area contributed by atoms with Crippen LogP contribution < -0.4 is 10.5 Å². The number of hydrogen-bond acceptors (Lipinski definition) is 8. The Morgan fingerprint density at radius 1 is 1.30 bits per heavy atom. The Hall–Kier alpha value is -2.27. The number of carbonyl (C=O) groups is 1. The monoisotopic (exact) mass is 446 g/mol. The van der Waals surface area contributed by atoms with Crippen LogP contribution in [0.3, 0.4) is 0 Å². The van der Waals surface area contributed by atoms with Crippen molar-refractivity contribution in [3.63, 3.8) is 0 Å². The smallest absolute Gasteiger partial charge is 0.267 e. The fourth-order valence-electron chi connectivity index (χ4n) is 3.42. The molecule has 0 saturated carbocycles. The van der Waals surface area contributed by atoms with Gasteiger partial charge in [-0.25, -0.2) is 4.98 Å². The molecule has 2 aromatic rings. The Labute approximate surface area is 183 Å². The van der Waals surface area contributed by atoms with Crippen molar-refractivity contribution in [2.45, 2.75) is 6.42 Å². The van der Waals surface area contributed by atoms with Crippen LogP contribution in [-0.4, -0.2) is 71.1 Å². The molecule has 2 aliphatic heterocycles. The van der Waals surface area contributed by atoms with Gasteiger partial charge >= 0.3 is 0 Å². The van der Waals surface area contributed by atoms with Crippen molar-refractivity contribution in [1.82, 2.24) is 14.3 Å². The first kappa shape index (κ1) is 21.0. The molecule has 0 unspecified atom stereocenters. The number of nitrogens with zero attached hydrogens (tertiary/aromatic N) is 4. The number of methoxy groups -OCH3 is 1. The number of thiocarbonyl (C=S) groups is 1. The number of thioether (sulfide) groups is 1. The number of hydrogen-bond donors (Lipinski definition) is 0. The van der Waals surface area contributed by atoms with Gasteiger partial charge in [-0.2, -0.15) is 0 Å². The minimum absolute atomic E-state index is 0.188. The zero-order valence-electron chi connectivity index (χ0n) is 16.6. The summed E-state index contributed by atoms with van der Waals surface area (Å²) in [7, 11) is 1.62. The molecule has 0 atom stereocenters. The molecule has 0 spiro atoms. The quantitative estimate of drug-likeness (QED) is 0.378. The van der Waals surface area contributed by atoms with Gasteiger partial charge in [-0.05, 0) is 24.6 Å². The molecule has 4 rings (SSSR count). The zero-order valence-corrected chi connectivity index (χ0v) is 18.2. The van der Waals surface area contributed by atoms with Gasteiger partial charge < -0.3 is 14.4 Å². The number of rotatable bonds is 6. The Kier molecular flexibility index (Phi) is 6.47. The maximum Gasteiger partial charge on any atom is 0.267 e. The lowest BCUT2D eigenvalue weighted by atomic mass is 10.2. The molecule has 0 N–H and O–H groups in total. The molecule has 2 saturated heterocycles. The van der Waals surface area contributed by atoms with E-state index in [1.54, 1.807) is 36.4 Å². The van der Waals surface area contributed by atoms with E-state index in [2.05, 4.69) is 0 Å². The second kappa shape index (κ2) is 9.25. The molecule has 30 heavy (non-hydrogen) atoms. The molecule has 0 aliphatic carbocycles. The minimum atomic E-state index is -0.216. The third kappa shape index (κ3) is 4.13. The molecular formula is C20H22N4O4S2. The van der Waals surface area contributed by atoms with Gasteiger partial charge in [0.15, 0.2) is 0 Å². The highest BCUT2D eigenvalue weighted by Gasteiger charge is 2.32. The lowest BCUT2D eigenvalue weighted by Crippen LogP contribution is -2.38. The molecule has 1 amide bonds. The summed E-state index contributed by atoms with van der Waals surface area (Å²) >= 11 is 6.60. The van der Waals surface area contributed by atoms with Crippen molar-refractivity contribution in [2.24, 2.45) is 0 Å². The maximum absolute atomic E-state index is 13.3. The highest BCUT2D eigenvalue weighted by atomic mass is 32.2. The van der Waals surface area contributed by atoms with Crippen LogP contribution in [-0.2, 0) is 14.3 Å². The molecule has 10 heteroatoms. The number of morpholine rings is 1. The normalized spacial score (nSPS) is 18.8. The van der Waals surface area contributed by atoms with Gasteiger partial charge in [-0.3, -0.25) is 18.9 Å². The van der Waals surface area contributed by atoms with Crippen LogP contribution in [0.15, 0.2) is 34.1 Å². The molecule has 4 heterocycles. The Morgan fingerprint density at radius 3 is 2.87 bits per heavy atom. The average molecular weight is 447 g/mol. The fraction of sp³-hybridized carbons (Fsp3) is 0.400. The Bertz CT molecular complexity index is 1060. The minimum Gasteiger partial charge on any atom is -0.385 e. The van der Waals surface area contributed by atoms with Gasteiger partial charge in [0.25, 0.3) is 11.5 Å². The van der Waals surface area contributed by atoms with Crippen LogP contribution in [0.4, 0.5) is 5.82 Å². The Balaban J connectivity index is 1.76. The zero-order chi connectivity index (χ0) is 21.1. The number of pyridine rings is 1. The molecule has 2 aromatic heterocycles. The third-order valence-electron chi connectivity index (χ3n) is 4.94. The van der Waals surface area contributed by atoms with E-state index in [1.807, 2.05) is 11.0 Å². The van der Waals surface area contributed by atoms with Crippen molar-refractivity contribution < 1.29 is 14.3 Å². The van der Waals surface area contributed by atoms with Gasteiger partial charge in [-0.15, -0.1) is 0 Å². The van der Waals surface area contributed by atoms with Crippen molar-refractivity contribution in [3.05, 3.63) is 45.2 Å². The van der Waals surface area contributed by atoms with Gasteiger partial charge in [-0.1, -0.05) is 30.0 Å². The predicted octanol–water partition coefficient (Wildman–Crippen LogP) is 1.77. The summed E-state index contributed by atoms with van der Waals surface area (Å²) in [5.74, 6) is 0.380. The van der Waals surface area contributed by atoms with E-state index in [9.17, 15) is 9.59 Å². The van der Waals surface area contributed by atoms with Crippen LogP contribution >= 0.6 is 24.0 Å². The van der Waals surface area contributed by atoms with E-state index in [-0.39, 0.29) is 11.5 Å². The largest absolute Gasteiger partial charge is 0.385 e. The molecule has 8 nitrogen and oxygen atoms in total. The summed E-state index contributed by atoms with van der Waals surface area (Å²) in [4.78, 5) is 35.0. The summed E-state index contributed by atoms with van der Waals surface area (Å²) in [6.07, 6.45) is 4.01. The molecule has 0 bridgehead atoms. The summed E-state index contributed by atoms with van der Waals surface area (Å²) in [5, 5.41) is 0. The van der Waals surface area contributed by atoms with Crippen LogP contribution in [0, 0.1) is 0 Å². The van der Waals surface area contributed by atoms with Crippen molar-refractivity contribution in [2.75, 3.05) is 51.5 Å². The molecule has 158 valence electrons. The number of ether oxygens (including phenoxy) is 2. The lowest BCUT2D eigenvalue weighted by Gasteiger charge is -2.29. The first-order chi connectivity index (χ1) is 14.6. The number of anilines is 1. The molecule has 2 aliphatic rings. The first-order valence-corrected chi connectivity index (χ1v) is 10.9. The number of amides is 1. The lowest BCUT2D eigenvalue weighted by molar-refractivity contribution is -0.122. The van der Waals surface area contributed by atoms with Crippen LogP contribution in [0.2, 0.25) is 0 Å². The van der Waals surface area contributed by atoms with Crippen LogP contribution in [0.5, 0.6) is 0 Å². The summed E-state index contributed by atoms with van der Waals surface area (Å²) in [5.41, 5.74) is 0.734. The van der Waals surface area contributed by atoms with Crippen LogP contribution in [0.1, 0.15) is 12.0 Å². The number of fused-ring (bicyclic) bond motifs is 1. The third-order valence-corrected chi connectivity index (χ3v) is 6.32. The molecule has 0 aromatic carbocycles. The maximum atomic E-state index is 13.3. The second-order valence-corrected chi connectivity index (χ2v) is 8.54. The van der Waals surface area contributed by atoms with E-state index in [0.29, 0.717) is 72.1 Å². The van der Waals surface area contributed by atoms with E-state index in [4.69, 9.17) is 26.7 Å². The molecule has 0 radical (unpaired) electrons. The van der Waals surface area contributed by atoms with Gasteiger partial charge in [0.05, 0.1) is 23.7 Å². The van der Waals surface area contributed by atoms with E-state index >= 15 is 0 Å². The van der Waals surface area contributed by atoms with E-state index < -0.39 is 0 Å². The summed E-state index contributed by atoms with van der Waals surface area (Å²) < 4.78 is 12.5.